The zero-order valence-corrected chi connectivity index (χ0v) is 16.9. The largest absolute Gasteiger partial charge is 0.492 e. The highest BCUT2D eigenvalue weighted by atomic mass is 35.5. The van der Waals surface area contributed by atoms with Gasteiger partial charge in [0.2, 0.25) is 10.0 Å². The number of halogens is 1. The van der Waals surface area contributed by atoms with Gasteiger partial charge in [-0.25, -0.2) is 18.1 Å². The van der Waals surface area contributed by atoms with Gasteiger partial charge in [-0.3, -0.25) is 0 Å². The number of hydrogen-bond acceptors (Lipinski definition) is 4. The van der Waals surface area contributed by atoms with Gasteiger partial charge in [0.15, 0.2) is 0 Å². The Hall–Kier alpha value is -2.87. The molecule has 4 rings (SSSR count). The number of ether oxygens (including phenoxy) is 1. The first-order valence-corrected chi connectivity index (χ1v) is 11.0. The predicted octanol–water partition coefficient (Wildman–Crippen LogP) is 3.93. The fourth-order valence-electron chi connectivity index (χ4n) is 3.16. The SMILES string of the molecule is NS(=O)(=O)c1ccc(-c2c(-c3ccc(OCCCl)cc3)nn3ccccc23)cc1. The first-order chi connectivity index (χ1) is 14.0. The second kappa shape index (κ2) is 7.87. The number of hydrogen-bond donors (Lipinski definition) is 1. The number of nitrogens with zero attached hydrogens (tertiary/aromatic N) is 2. The maximum absolute atomic E-state index is 11.6. The van der Waals surface area contributed by atoms with Crippen molar-refractivity contribution in [3.8, 4) is 28.1 Å². The number of nitrogens with two attached hydrogens (primary N) is 1. The lowest BCUT2D eigenvalue weighted by atomic mass is 10.00. The molecule has 0 saturated carbocycles. The molecule has 0 amide bonds. The molecule has 0 unspecified atom stereocenters. The van der Waals surface area contributed by atoms with Crippen molar-refractivity contribution in [2.45, 2.75) is 4.90 Å². The number of primary sulfonamides is 1. The Bertz CT molecular complexity index is 1250. The van der Waals surface area contributed by atoms with Crippen LogP contribution in [0.25, 0.3) is 27.9 Å². The summed E-state index contributed by atoms with van der Waals surface area (Å²) in [6, 6.07) is 19.9. The van der Waals surface area contributed by atoms with Crippen LogP contribution in [0.4, 0.5) is 0 Å². The Morgan fingerprint density at radius 1 is 0.966 bits per heavy atom. The summed E-state index contributed by atoms with van der Waals surface area (Å²) in [5.74, 6) is 1.16. The lowest BCUT2D eigenvalue weighted by Gasteiger charge is -2.07. The molecule has 0 aliphatic rings. The zero-order chi connectivity index (χ0) is 20.4. The van der Waals surface area contributed by atoms with E-state index in [0.717, 1.165) is 33.7 Å². The third kappa shape index (κ3) is 3.98. The molecule has 0 spiro atoms. The third-order valence-electron chi connectivity index (χ3n) is 4.49. The lowest BCUT2D eigenvalue weighted by molar-refractivity contribution is 0.343. The molecule has 0 fully saturated rings. The van der Waals surface area contributed by atoms with E-state index in [-0.39, 0.29) is 4.90 Å². The summed E-state index contributed by atoms with van der Waals surface area (Å²) in [5.41, 5.74) is 4.35. The average molecular weight is 428 g/mol. The summed E-state index contributed by atoms with van der Waals surface area (Å²) in [6.45, 7) is 0.441. The normalized spacial score (nSPS) is 11.7. The molecule has 8 heteroatoms. The van der Waals surface area contributed by atoms with Crippen molar-refractivity contribution in [1.29, 1.82) is 0 Å². The van der Waals surface area contributed by atoms with Crippen molar-refractivity contribution in [3.05, 3.63) is 72.9 Å². The van der Waals surface area contributed by atoms with Crippen LogP contribution in [0, 0.1) is 0 Å². The molecule has 2 aromatic heterocycles. The van der Waals surface area contributed by atoms with E-state index < -0.39 is 10.0 Å². The van der Waals surface area contributed by atoms with Crippen LogP contribution in [0.1, 0.15) is 0 Å². The molecule has 0 atom stereocenters. The van der Waals surface area contributed by atoms with Crippen LogP contribution in [-0.2, 0) is 10.0 Å². The van der Waals surface area contributed by atoms with Crippen LogP contribution < -0.4 is 9.88 Å². The minimum Gasteiger partial charge on any atom is -0.492 e. The van der Waals surface area contributed by atoms with Crippen molar-refractivity contribution in [3.63, 3.8) is 0 Å². The molecule has 0 radical (unpaired) electrons. The maximum atomic E-state index is 11.6. The number of aromatic nitrogens is 2. The molecule has 2 N–H and O–H groups in total. The lowest BCUT2D eigenvalue weighted by Crippen LogP contribution is -2.11. The highest BCUT2D eigenvalue weighted by molar-refractivity contribution is 7.89. The molecule has 2 heterocycles. The molecule has 0 bridgehead atoms. The topological polar surface area (TPSA) is 86.7 Å². The zero-order valence-electron chi connectivity index (χ0n) is 15.3. The second-order valence-electron chi connectivity index (χ2n) is 6.39. The van der Waals surface area contributed by atoms with E-state index in [1.165, 1.54) is 12.1 Å². The van der Waals surface area contributed by atoms with Gasteiger partial charge in [-0.1, -0.05) is 18.2 Å². The molecular formula is C21H18ClN3O3S. The van der Waals surface area contributed by atoms with E-state index in [4.69, 9.17) is 26.6 Å². The minimum absolute atomic E-state index is 0.0695. The smallest absolute Gasteiger partial charge is 0.238 e. The number of benzene rings is 2. The van der Waals surface area contributed by atoms with Crippen molar-refractivity contribution in [2.24, 2.45) is 5.14 Å². The summed E-state index contributed by atoms with van der Waals surface area (Å²) in [6.07, 6.45) is 1.87. The summed E-state index contributed by atoms with van der Waals surface area (Å²) in [4.78, 5) is 0.0695. The van der Waals surface area contributed by atoms with Gasteiger partial charge in [0.25, 0.3) is 0 Å². The van der Waals surface area contributed by atoms with Crippen LogP contribution in [0.5, 0.6) is 5.75 Å². The van der Waals surface area contributed by atoms with Crippen molar-refractivity contribution < 1.29 is 13.2 Å². The highest BCUT2D eigenvalue weighted by Gasteiger charge is 2.17. The number of rotatable bonds is 6. The van der Waals surface area contributed by atoms with Crippen LogP contribution >= 0.6 is 11.6 Å². The number of pyridine rings is 1. The van der Waals surface area contributed by atoms with Gasteiger partial charge < -0.3 is 4.74 Å². The van der Waals surface area contributed by atoms with Crippen molar-refractivity contribution >= 4 is 27.1 Å². The van der Waals surface area contributed by atoms with Crippen LogP contribution in [0.3, 0.4) is 0 Å². The third-order valence-corrected chi connectivity index (χ3v) is 5.57. The Morgan fingerprint density at radius 2 is 1.66 bits per heavy atom. The number of sulfonamides is 1. The van der Waals surface area contributed by atoms with Crippen molar-refractivity contribution in [2.75, 3.05) is 12.5 Å². The fourth-order valence-corrected chi connectivity index (χ4v) is 3.75. The van der Waals surface area contributed by atoms with Gasteiger partial charge in [0.1, 0.15) is 18.1 Å². The summed E-state index contributed by atoms with van der Waals surface area (Å²) >= 11 is 5.67. The van der Waals surface area contributed by atoms with Gasteiger partial charge >= 0.3 is 0 Å². The Morgan fingerprint density at radius 3 is 2.31 bits per heavy atom. The van der Waals surface area contributed by atoms with Gasteiger partial charge in [-0.05, 0) is 54.1 Å². The van der Waals surface area contributed by atoms with Gasteiger partial charge in [0, 0.05) is 17.3 Å². The van der Waals surface area contributed by atoms with Gasteiger partial charge in [-0.15, -0.1) is 11.6 Å². The van der Waals surface area contributed by atoms with E-state index >= 15 is 0 Å². The average Bonchev–Trinajstić information content (AvgIpc) is 3.11. The standard InChI is InChI=1S/C21H18ClN3O3S/c22-12-14-28-17-8-4-16(5-9-17)21-20(19-3-1-2-13-25(19)24-21)15-6-10-18(11-7-15)29(23,26)27/h1-11,13H,12,14H2,(H2,23,26,27). The van der Waals surface area contributed by atoms with Crippen LogP contribution in [0.2, 0.25) is 0 Å². The molecule has 6 nitrogen and oxygen atoms in total. The molecule has 2 aromatic carbocycles. The Kier molecular flexibility index (Phi) is 5.27. The number of alkyl halides is 1. The second-order valence-corrected chi connectivity index (χ2v) is 8.32. The van der Waals surface area contributed by atoms with Crippen LogP contribution in [0.15, 0.2) is 77.8 Å². The summed E-state index contributed by atoms with van der Waals surface area (Å²) in [7, 11) is -3.75. The predicted molar refractivity (Wildman–Crippen MR) is 114 cm³/mol. The van der Waals surface area contributed by atoms with E-state index in [0.29, 0.717) is 12.5 Å². The van der Waals surface area contributed by atoms with Gasteiger partial charge in [-0.2, -0.15) is 5.10 Å². The Balaban J connectivity index is 1.83. The van der Waals surface area contributed by atoms with Gasteiger partial charge in [0.05, 0.1) is 16.3 Å². The maximum Gasteiger partial charge on any atom is 0.238 e. The number of fused-ring (bicyclic) bond motifs is 1. The minimum atomic E-state index is -3.75. The highest BCUT2D eigenvalue weighted by Crippen LogP contribution is 2.36. The van der Waals surface area contributed by atoms with E-state index in [1.54, 1.807) is 16.6 Å². The van der Waals surface area contributed by atoms with Crippen molar-refractivity contribution in [1.82, 2.24) is 9.61 Å². The molecule has 0 saturated heterocycles. The van der Waals surface area contributed by atoms with Crippen LogP contribution in [-0.4, -0.2) is 30.5 Å². The van der Waals surface area contributed by atoms with E-state index in [1.807, 2.05) is 48.7 Å². The first-order valence-electron chi connectivity index (χ1n) is 8.87. The molecule has 29 heavy (non-hydrogen) atoms. The Labute approximate surface area is 173 Å². The molecule has 0 aliphatic heterocycles. The summed E-state index contributed by atoms with van der Waals surface area (Å²) < 4.78 is 30.5. The quantitative estimate of drug-likeness (QED) is 0.472. The molecule has 0 aliphatic carbocycles. The summed E-state index contributed by atoms with van der Waals surface area (Å²) in [5, 5.41) is 9.96. The van der Waals surface area contributed by atoms with E-state index in [9.17, 15) is 8.42 Å². The molecule has 4 aromatic rings. The van der Waals surface area contributed by atoms with E-state index in [2.05, 4.69) is 0 Å². The fraction of sp³-hybridized carbons (Fsp3) is 0.0952. The monoisotopic (exact) mass is 427 g/mol. The molecule has 148 valence electrons. The first kappa shape index (κ1) is 19.4. The molecular weight excluding hydrogens is 410 g/mol.